The number of hydrogen-bond donors (Lipinski definition) is 1. The summed E-state index contributed by atoms with van der Waals surface area (Å²) in [6, 6.07) is 8.76. The predicted molar refractivity (Wildman–Crippen MR) is 93.4 cm³/mol. The maximum absolute atomic E-state index is 14.2. The maximum atomic E-state index is 14.2. The second-order valence-corrected chi connectivity index (χ2v) is 6.59. The number of halogens is 3. The van der Waals surface area contributed by atoms with Gasteiger partial charge in [0.25, 0.3) is 0 Å². The van der Waals surface area contributed by atoms with Crippen LogP contribution in [0.2, 0.25) is 5.02 Å². The van der Waals surface area contributed by atoms with Gasteiger partial charge in [-0.25, -0.2) is 8.78 Å². The van der Waals surface area contributed by atoms with Gasteiger partial charge in [-0.15, -0.1) is 0 Å². The Balaban J connectivity index is 1.69. The monoisotopic (exact) mass is 381 g/mol. The van der Waals surface area contributed by atoms with Crippen LogP contribution in [0.3, 0.4) is 0 Å². The van der Waals surface area contributed by atoms with Crippen LogP contribution in [0.5, 0.6) is 5.75 Å². The zero-order valence-electron chi connectivity index (χ0n) is 13.9. The van der Waals surface area contributed by atoms with Crippen molar-refractivity contribution in [1.29, 1.82) is 0 Å². The minimum absolute atomic E-state index is 0.0143. The number of carbonyl (C=O) groups is 1. The molecule has 1 heterocycles. The van der Waals surface area contributed by atoms with Gasteiger partial charge in [0.05, 0.1) is 0 Å². The molecule has 3 rings (SSSR count). The van der Waals surface area contributed by atoms with Crippen LogP contribution in [0.25, 0.3) is 0 Å². The Morgan fingerprint density at radius 3 is 2.38 bits per heavy atom. The van der Waals surface area contributed by atoms with E-state index in [0.717, 1.165) is 0 Å². The van der Waals surface area contributed by atoms with Crippen molar-refractivity contribution in [3.05, 3.63) is 64.7 Å². The van der Waals surface area contributed by atoms with Gasteiger partial charge >= 0.3 is 5.97 Å². The van der Waals surface area contributed by atoms with Gasteiger partial charge in [0.2, 0.25) is 0 Å². The average Bonchev–Trinajstić information content (AvgIpc) is 2.61. The van der Waals surface area contributed by atoms with E-state index in [0.29, 0.717) is 31.7 Å². The topological polar surface area (TPSA) is 49.8 Å². The minimum atomic E-state index is -1.14. The summed E-state index contributed by atoms with van der Waals surface area (Å²) in [4.78, 5) is 13.5. The highest BCUT2D eigenvalue weighted by Gasteiger charge is 2.34. The molecule has 0 spiro atoms. The molecular formula is C19H18ClF2NO3. The van der Waals surface area contributed by atoms with Crippen LogP contribution in [0, 0.1) is 11.6 Å². The molecule has 1 fully saturated rings. The average molecular weight is 382 g/mol. The van der Waals surface area contributed by atoms with Crippen LogP contribution in [-0.2, 0) is 4.79 Å². The van der Waals surface area contributed by atoms with Crippen molar-refractivity contribution in [3.8, 4) is 5.75 Å². The van der Waals surface area contributed by atoms with Crippen molar-refractivity contribution in [3.63, 3.8) is 0 Å². The van der Waals surface area contributed by atoms with Crippen molar-refractivity contribution in [2.24, 2.45) is 0 Å². The lowest BCUT2D eigenvalue weighted by molar-refractivity contribution is -0.144. The molecule has 138 valence electrons. The minimum Gasteiger partial charge on any atom is -0.490 e. The molecule has 2 aromatic rings. The molecule has 1 unspecified atom stereocenters. The first-order valence-electron chi connectivity index (χ1n) is 8.28. The lowest BCUT2D eigenvalue weighted by Crippen LogP contribution is -2.43. The summed E-state index contributed by atoms with van der Waals surface area (Å²) >= 11 is 6.05. The Labute approximate surface area is 155 Å². The normalized spacial score (nSPS) is 17.0. The van der Waals surface area contributed by atoms with Crippen molar-refractivity contribution >= 4 is 17.6 Å². The number of benzene rings is 2. The highest BCUT2D eigenvalue weighted by molar-refractivity contribution is 6.31. The third-order valence-corrected chi connectivity index (χ3v) is 4.79. The van der Waals surface area contributed by atoms with E-state index in [-0.39, 0.29) is 22.5 Å². The van der Waals surface area contributed by atoms with Crippen molar-refractivity contribution in [2.75, 3.05) is 13.1 Å². The third kappa shape index (κ3) is 4.14. The Morgan fingerprint density at radius 1 is 1.15 bits per heavy atom. The highest BCUT2D eigenvalue weighted by Crippen LogP contribution is 2.32. The van der Waals surface area contributed by atoms with E-state index in [2.05, 4.69) is 0 Å². The number of carboxylic acid groups (broad SMARTS) is 1. The van der Waals surface area contributed by atoms with Gasteiger partial charge in [0, 0.05) is 23.7 Å². The van der Waals surface area contributed by atoms with Crippen LogP contribution in [0.4, 0.5) is 8.78 Å². The molecular weight excluding hydrogens is 364 g/mol. The lowest BCUT2D eigenvalue weighted by atomic mass is 10.00. The summed E-state index contributed by atoms with van der Waals surface area (Å²) in [5, 5.41) is 9.72. The quantitative estimate of drug-likeness (QED) is 0.839. The number of ether oxygens (including phenoxy) is 1. The molecule has 2 aromatic carbocycles. The molecule has 0 amide bonds. The number of carboxylic acids is 1. The van der Waals surface area contributed by atoms with Crippen LogP contribution in [0.1, 0.15) is 24.4 Å². The fourth-order valence-electron chi connectivity index (χ4n) is 3.19. The molecule has 26 heavy (non-hydrogen) atoms. The number of likely N-dealkylation sites (tertiary alicyclic amines) is 1. The summed E-state index contributed by atoms with van der Waals surface area (Å²) in [6.07, 6.45) is 1.04. The van der Waals surface area contributed by atoms with E-state index >= 15 is 0 Å². The number of hydrogen-bond acceptors (Lipinski definition) is 3. The van der Waals surface area contributed by atoms with Gasteiger partial charge < -0.3 is 9.84 Å². The predicted octanol–water partition coefficient (Wildman–Crippen LogP) is 4.29. The first-order chi connectivity index (χ1) is 12.5. The van der Waals surface area contributed by atoms with Crippen LogP contribution in [0.15, 0.2) is 42.5 Å². The number of aliphatic carboxylic acids is 1. The SMILES string of the molecule is O=C(O)C(c1c(F)cccc1Cl)N1CCC(Oc2ccc(F)cc2)CC1. The molecule has 1 aliphatic heterocycles. The molecule has 4 nitrogen and oxygen atoms in total. The largest absolute Gasteiger partial charge is 0.490 e. The first kappa shape index (κ1) is 18.6. The second-order valence-electron chi connectivity index (χ2n) is 6.18. The standard InChI is InChI=1S/C19H18ClF2NO3/c20-15-2-1-3-16(22)17(15)18(19(24)25)23-10-8-14(9-11-23)26-13-6-4-12(21)5-7-13/h1-7,14,18H,8-11H2,(H,24,25). The smallest absolute Gasteiger partial charge is 0.325 e. The first-order valence-corrected chi connectivity index (χ1v) is 8.66. The highest BCUT2D eigenvalue weighted by atomic mass is 35.5. The summed E-state index contributed by atoms with van der Waals surface area (Å²) in [5.41, 5.74) is -0.0143. The van der Waals surface area contributed by atoms with Crippen molar-refractivity contribution in [2.45, 2.75) is 25.0 Å². The van der Waals surface area contributed by atoms with E-state index in [9.17, 15) is 18.7 Å². The lowest BCUT2D eigenvalue weighted by Gasteiger charge is -2.36. The zero-order chi connectivity index (χ0) is 18.7. The Morgan fingerprint density at radius 2 is 1.81 bits per heavy atom. The molecule has 1 aliphatic rings. The van der Waals surface area contributed by atoms with Crippen molar-refractivity contribution < 1.29 is 23.4 Å². The molecule has 1 atom stereocenters. The number of rotatable bonds is 5. The fourth-order valence-corrected chi connectivity index (χ4v) is 3.46. The molecule has 0 aromatic heterocycles. The van der Waals surface area contributed by atoms with Crippen LogP contribution < -0.4 is 4.74 Å². The molecule has 0 aliphatic carbocycles. The molecule has 1 saturated heterocycles. The summed E-state index contributed by atoms with van der Waals surface area (Å²) < 4.78 is 32.9. The maximum Gasteiger partial charge on any atom is 0.325 e. The zero-order valence-corrected chi connectivity index (χ0v) is 14.6. The van der Waals surface area contributed by atoms with E-state index in [1.807, 2.05) is 0 Å². The van der Waals surface area contributed by atoms with E-state index in [1.54, 1.807) is 17.0 Å². The molecule has 0 radical (unpaired) electrons. The van der Waals surface area contributed by atoms with Gasteiger partial charge in [-0.05, 0) is 49.2 Å². The Bertz CT molecular complexity index is 757. The van der Waals surface area contributed by atoms with Crippen LogP contribution >= 0.6 is 11.6 Å². The van der Waals surface area contributed by atoms with Crippen LogP contribution in [-0.4, -0.2) is 35.2 Å². The van der Waals surface area contributed by atoms with E-state index in [4.69, 9.17) is 16.3 Å². The summed E-state index contributed by atoms with van der Waals surface area (Å²) in [7, 11) is 0. The van der Waals surface area contributed by atoms with Gasteiger partial charge in [0.1, 0.15) is 29.5 Å². The Hall–Kier alpha value is -2.18. The van der Waals surface area contributed by atoms with E-state index in [1.165, 1.54) is 30.3 Å². The number of piperidine rings is 1. The van der Waals surface area contributed by atoms with Crippen molar-refractivity contribution in [1.82, 2.24) is 4.90 Å². The van der Waals surface area contributed by atoms with Gasteiger partial charge in [-0.3, -0.25) is 9.69 Å². The third-order valence-electron chi connectivity index (χ3n) is 4.47. The summed E-state index contributed by atoms with van der Waals surface area (Å²) in [6.45, 7) is 0.848. The van der Waals surface area contributed by atoms with Gasteiger partial charge in [-0.2, -0.15) is 0 Å². The number of nitrogens with zero attached hydrogens (tertiary/aromatic N) is 1. The molecule has 7 heteroatoms. The van der Waals surface area contributed by atoms with Gasteiger partial charge in [-0.1, -0.05) is 17.7 Å². The second kappa shape index (κ2) is 8.01. The van der Waals surface area contributed by atoms with E-state index < -0.39 is 17.8 Å². The summed E-state index contributed by atoms with van der Waals surface area (Å²) in [5.74, 6) is -1.54. The molecule has 0 bridgehead atoms. The molecule has 1 N–H and O–H groups in total. The van der Waals surface area contributed by atoms with Gasteiger partial charge in [0.15, 0.2) is 0 Å². The Kier molecular flexibility index (Phi) is 5.74. The fraction of sp³-hybridized carbons (Fsp3) is 0.316. The molecule has 0 saturated carbocycles.